The Kier molecular flexibility index (Phi) is 7.76. The average molecular weight is 472 g/mol. The summed E-state index contributed by atoms with van der Waals surface area (Å²) in [6, 6.07) is 20.8. The predicted molar refractivity (Wildman–Crippen MR) is 146 cm³/mol. The minimum atomic E-state index is -0.932. The third-order valence-electron chi connectivity index (χ3n) is 7.04. The van der Waals surface area contributed by atoms with Crippen molar-refractivity contribution < 1.29 is 9.90 Å². The number of hydrogen-bond acceptors (Lipinski definition) is 4. The third kappa shape index (κ3) is 6.04. The molecule has 3 aromatic rings. The molecule has 35 heavy (non-hydrogen) atoms. The lowest BCUT2D eigenvalue weighted by atomic mass is 9.84. The molecule has 3 aromatic carbocycles. The highest BCUT2D eigenvalue weighted by atomic mass is 16.4. The molecule has 0 atom stereocenters. The van der Waals surface area contributed by atoms with Crippen LogP contribution in [-0.4, -0.2) is 37.1 Å². The fourth-order valence-electron chi connectivity index (χ4n) is 5.04. The summed E-state index contributed by atoms with van der Waals surface area (Å²) in [6.45, 7) is 2.74. The molecule has 0 saturated heterocycles. The first-order valence-electron chi connectivity index (χ1n) is 12.5. The molecule has 0 heterocycles. The van der Waals surface area contributed by atoms with E-state index in [0.29, 0.717) is 18.2 Å². The van der Waals surface area contributed by atoms with Gasteiger partial charge in [0.25, 0.3) is 0 Å². The molecule has 1 fully saturated rings. The molecule has 184 valence electrons. The van der Waals surface area contributed by atoms with Crippen molar-refractivity contribution in [3.8, 4) is 0 Å². The van der Waals surface area contributed by atoms with Crippen LogP contribution in [-0.2, 0) is 6.54 Å². The van der Waals surface area contributed by atoms with Crippen LogP contribution in [0.25, 0.3) is 0 Å². The summed E-state index contributed by atoms with van der Waals surface area (Å²) in [5, 5.41) is 13.1. The lowest BCUT2D eigenvalue weighted by Gasteiger charge is -2.24. The number of benzene rings is 3. The van der Waals surface area contributed by atoms with Gasteiger partial charge in [-0.2, -0.15) is 0 Å². The van der Waals surface area contributed by atoms with Crippen LogP contribution in [0, 0.1) is 6.92 Å². The van der Waals surface area contributed by atoms with E-state index in [1.807, 2.05) is 44.1 Å². The first-order chi connectivity index (χ1) is 16.8. The monoisotopic (exact) mass is 471 g/mol. The summed E-state index contributed by atoms with van der Waals surface area (Å²) in [6.07, 6.45) is 6.69. The Hall–Kier alpha value is -3.31. The summed E-state index contributed by atoms with van der Waals surface area (Å²) in [7, 11) is 6.03. The van der Waals surface area contributed by atoms with Gasteiger partial charge in [0.15, 0.2) is 0 Å². The molecule has 5 nitrogen and oxygen atoms in total. The number of carbonyl (C=O) groups is 1. The SMILES string of the molecule is Cc1cc(N(C)c2ccc(C3CCCCC3)cc2)ccc1Nc1ccc(CN(C)C)cc1C(=O)O. The van der Waals surface area contributed by atoms with Gasteiger partial charge >= 0.3 is 5.97 Å². The van der Waals surface area contributed by atoms with Gasteiger partial charge in [-0.3, -0.25) is 0 Å². The van der Waals surface area contributed by atoms with Gasteiger partial charge in [0, 0.05) is 30.7 Å². The number of aromatic carboxylic acids is 1. The lowest BCUT2D eigenvalue weighted by molar-refractivity contribution is 0.0697. The van der Waals surface area contributed by atoms with Crippen LogP contribution in [0.2, 0.25) is 0 Å². The summed E-state index contributed by atoms with van der Waals surface area (Å²) in [4.78, 5) is 16.1. The van der Waals surface area contributed by atoms with Gasteiger partial charge in [-0.15, -0.1) is 0 Å². The maximum Gasteiger partial charge on any atom is 0.337 e. The molecule has 1 saturated carbocycles. The standard InChI is InChI=1S/C30H37N3O2/c1-21-18-26(33(4)25-13-11-24(12-14-25)23-8-6-5-7-9-23)15-17-28(21)31-29-16-10-22(20-32(2)3)19-27(29)30(34)35/h10-19,23,31H,5-9,20H2,1-4H3,(H,34,35). The quantitative estimate of drug-likeness (QED) is 0.361. The molecular weight excluding hydrogens is 434 g/mol. The van der Waals surface area contributed by atoms with E-state index >= 15 is 0 Å². The van der Waals surface area contributed by atoms with E-state index in [1.54, 1.807) is 6.07 Å². The highest BCUT2D eigenvalue weighted by molar-refractivity contribution is 5.95. The highest BCUT2D eigenvalue weighted by Crippen LogP contribution is 2.35. The molecule has 1 aliphatic carbocycles. The second kappa shape index (κ2) is 11.0. The fraction of sp³-hybridized carbons (Fsp3) is 0.367. The molecule has 0 radical (unpaired) electrons. The number of nitrogens with zero attached hydrogens (tertiary/aromatic N) is 2. The second-order valence-corrected chi connectivity index (χ2v) is 10.0. The molecule has 0 bridgehead atoms. The zero-order valence-electron chi connectivity index (χ0n) is 21.3. The number of carboxylic acids is 1. The Bertz CT molecular complexity index is 1160. The molecule has 1 aliphatic rings. The number of nitrogens with one attached hydrogen (secondary N) is 1. The topological polar surface area (TPSA) is 55.8 Å². The van der Waals surface area contributed by atoms with Crippen LogP contribution in [0.4, 0.5) is 22.7 Å². The Morgan fingerprint density at radius 3 is 2.17 bits per heavy atom. The van der Waals surface area contributed by atoms with Gasteiger partial charge in [0.1, 0.15) is 0 Å². The first-order valence-corrected chi connectivity index (χ1v) is 12.5. The average Bonchev–Trinajstić information content (AvgIpc) is 2.86. The van der Waals surface area contributed by atoms with Gasteiger partial charge in [-0.25, -0.2) is 4.79 Å². The fourth-order valence-corrected chi connectivity index (χ4v) is 5.04. The molecule has 0 aliphatic heterocycles. The van der Waals surface area contributed by atoms with E-state index < -0.39 is 5.97 Å². The van der Waals surface area contributed by atoms with E-state index in [0.717, 1.165) is 28.2 Å². The van der Waals surface area contributed by atoms with Crippen LogP contribution < -0.4 is 10.2 Å². The zero-order chi connectivity index (χ0) is 24.9. The van der Waals surface area contributed by atoms with Gasteiger partial charge in [0.2, 0.25) is 0 Å². The summed E-state index contributed by atoms with van der Waals surface area (Å²) in [5.41, 5.74) is 7.53. The molecule has 4 rings (SSSR count). The summed E-state index contributed by atoms with van der Waals surface area (Å²) < 4.78 is 0. The van der Waals surface area contributed by atoms with Gasteiger partial charge in [0.05, 0.1) is 11.3 Å². The van der Waals surface area contributed by atoms with Crippen molar-refractivity contribution in [2.45, 2.75) is 51.5 Å². The minimum Gasteiger partial charge on any atom is -0.478 e. The molecule has 0 spiro atoms. The van der Waals surface area contributed by atoms with E-state index in [4.69, 9.17) is 0 Å². The molecule has 2 N–H and O–H groups in total. The number of anilines is 4. The van der Waals surface area contributed by atoms with Crippen molar-refractivity contribution in [1.29, 1.82) is 0 Å². The summed E-state index contributed by atoms with van der Waals surface area (Å²) >= 11 is 0. The van der Waals surface area contributed by atoms with Gasteiger partial charge in [-0.1, -0.05) is 37.5 Å². The Morgan fingerprint density at radius 1 is 0.886 bits per heavy atom. The molecule has 0 unspecified atom stereocenters. The lowest BCUT2D eigenvalue weighted by Crippen LogP contribution is -2.12. The van der Waals surface area contributed by atoms with Crippen LogP contribution in [0.3, 0.4) is 0 Å². The number of rotatable bonds is 8. The van der Waals surface area contributed by atoms with E-state index in [9.17, 15) is 9.90 Å². The molecule has 0 aromatic heterocycles. The Morgan fingerprint density at radius 2 is 1.54 bits per heavy atom. The smallest absolute Gasteiger partial charge is 0.337 e. The number of aryl methyl sites for hydroxylation is 1. The Balaban J connectivity index is 1.50. The zero-order valence-corrected chi connectivity index (χ0v) is 21.3. The van der Waals surface area contributed by atoms with Crippen molar-refractivity contribution in [2.75, 3.05) is 31.4 Å². The molecular formula is C30H37N3O2. The van der Waals surface area contributed by atoms with Crippen LogP contribution in [0.1, 0.15) is 65.1 Å². The predicted octanol–water partition coefficient (Wildman–Crippen LogP) is 7.31. The van der Waals surface area contributed by atoms with Crippen molar-refractivity contribution >= 4 is 28.7 Å². The van der Waals surface area contributed by atoms with Crippen molar-refractivity contribution in [1.82, 2.24) is 4.90 Å². The maximum atomic E-state index is 11.9. The number of hydrogen-bond donors (Lipinski definition) is 2. The minimum absolute atomic E-state index is 0.281. The van der Waals surface area contributed by atoms with E-state index in [1.165, 1.54) is 37.7 Å². The second-order valence-electron chi connectivity index (χ2n) is 10.0. The van der Waals surface area contributed by atoms with Crippen molar-refractivity contribution in [3.63, 3.8) is 0 Å². The van der Waals surface area contributed by atoms with Crippen molar-refractivity contribution in [3.05, 3.63) is 82.9 Å². The summed E-state index contributed by atoms with van der Waals surface area (Å²) in [5.74, 6) is -0.220. The van der Waals surface area contributed by atoms with Crippen LogP contribution >= 0.6 is 0 Å². The van der Waals surface area contributed by atoms with Gasteiger partial charge < -0.3 is 20.2 Å². The Labute approximate surface area is 209 Å². The van der Waals surface area contributed by atoms with E-state index in [2.05, 4.69) is 53.7 Å². The maximum absolute atomic E-state index is 11.9. The highest BCUT2D eigenvalue weighted by Gasteiger charge is 2.16. The largest absolute Gasteiger partial charge is 0.478 e. The van der Waals surface area contributed by atoms with Crippen LogP contribution in [0.5, 0.6) is 0 Å². The number of carboxylic acid groups (broad SMARTS) is 1. The van der Waals surface area contributed by atoms with Crippen LogP contribution in [0.15, 0.2) is 60.7 Å². The molecule has 5 heteroatoms. The van der Waals surface area contributed by atoms with Gasteiger partial charge in [-0.05, 0) is 98.9 Å². The van der Waals surface area contributed by atoms with Crippen molar-refractivity contribution in [2.24, 2.45) is 0 Å². The normalized spacial score (nSPS) is 14.2. The van der Waals surface area contributed by atoms with E-state index in [-0.39, 0.29) is 5.56 Å². The third-order valence-corrected chi connectivity index (χ3v) is 7.04. The molecule has 0 amide bonds. The first kappa shape index (κ1) is 24.8.